The molecule has 30 heavy (non-hydrogen) atoms. The summed E-state index contributed by atoms with van der Waals surface area (Å²) in [5.74, 6) is -2.17. The number of carbonyl (C=O) groups excluding carboxylic acids is 3. The molecule has 8 nitrogen and oxygen atoms in total. The van der Waals surface area contributed by atoms with E-state index in [4.69, 9.17) is 10.5 Å². The fourth-order valence-electron chi connectivity index (χ4n) is 2.27. The minimum absolute atomic E-state index is 0.000278. The van der Waals surface area contributed by atoms with Gasteiger partial charge >= 0.3 is 5.97 Å². The van der Waals surface area contributed by atoms with E-state index in [0.717, 1.165) is 17.4 Å². The summed E-state index contributed by atoms with van der Waals surface area (Å²) in [4.78, 5) is 40.3. The van der Waals surface area contributed by atoms with Crippen LogP contribution in [0.5, 0.6) is 0 Å². The van der Waals surface area contributed by atoms with Gasteiger partial charge in [-0.1, -0.05) is 13.8 Å². The second-order valence-corrected chi connectivity index (χ2v) is 8.57. The molecule has 0 fully saturated rings. The molecule has 0 saturated carbocycles. The highest BCUT2D eigenvalue weighted by atomic mass is 32.1. The average molecular weight is 437 g/mol. The molecule has 0 spiro atoms. The Balaban J connectivity index is 2.14. The van der Waals surface area contributed by atoms with Gasteiger partial charge in [-0.3, -0.25) is 19.0 Å². The summed E-state index contributed by atoms with van der Waals surface area (Å²) in [6, 6.07) is 3.73. The summed E-state index contributed by atoms with van der Waals surface area (Å²) in [6.07, 6.45) is 1.86. The molecule has 0 saturated heterocycles. The van der Waals surface area contributed by atoms with Crippen LogP contribution >= 0.6 is 11.3 Å². The van der Waals surface area contributed by atoms with Crippen molar-refractivity contribution >= 4 is 34.8 Å². The molecule has 2 rings (SSSR count). The molecule has 0 aliphatic rings. The molecule has 2 amide bonds. The topological polar surface area (TPSA) is 116 Å². The predicted octanol–water partition coefficient (Wildman–Crippen LogP) is 2.65. The molecule has 1 aromatic carbocycles. The minimum Gasteiger partial charge on any atom is -0.442 e. The van der Waals surface area contributed by atoms with Gasteiger partial charge in [0.1, 0.15) is 11.4 Å². The monoisotopic (exact) mass is 436 g/mol. The van der Waals surface area contributed by atoms with Crippen LogP contribution in [0.2, 0.25) is 0 Å². The first-order chi connectivity index (χ1) is 14.0. The number of nitrogens with zero attached hydrogens (tertiary/aromatic N) is 2. The SMILES string of the molecule is CC(C)CC(=O)Nc1ccc(C(=O)/N=c2\sccn2COC(=O)C(C)(C)N)cc1F. The van der Waals surface area contributed by atoms with Gasteiger partial charge in [0.25, 0.3) is 5.91 Å². The van der Waals surface area contributed by atoms with Crippen molar-refractivity contribution in [1.29, 1.82) is 0 Å². The molecule has 10 heteroatoms. The molecule has 1 heterocycles. The predicted molar refractivity (Wildman–Crippen MR) is 111 cm³/mol. The van der Waals surface area contributed by atoms with Crippen LogP contribution in [0.15, 0.2) is 34.8 Å². The quantitative estimate of drug-likeness (QED) is 0.648. The number of halogens is 1. The van der Waals surface area contributed by atoms with Crippen LogP contribution in [0, 0.1) is 11.7 Å². The van der Waals surface area contributed by atoms with E-state index in [0.29, 0.717) is 0 Å². The van der Waals surface area contributed by atoms with Crippen LogP contribution in [0.3, 0.4) is 0 Å². The van der Waals surface area contributed by atoms with Crippen molar-refractivity contribution < 1.29 is 23.5 Å². The van der Waals surface area contributed by atoms with Crippen molar-refractivity contribution in [3.8, 4) is 0 Å². The highest BCUT2D eigenvalue weighted by molar-refractivity contribution is 7.07. The maximum absolute atomic E-state index is 14.3. The summed E-state index contributed by atoms with van der Waals surface area (Å²) < 4.78 is 20.9. The molecule has 0 radical (unpaired) electrons. The van der Waals surface area contributed by atoms with E-state index in [1.807, 2.05) is 13.8 Å². The molecule has 0 bridgehead atoms. The number of rotatable bonds is 7. The van der Waals surface area contributed by atoms with E-state index in [-0.39, 0.29) is 41.0 Å². The lowest BCUT2D eigenvalue weighted by molar-refractivity contribution is -0.152. The van der Waals surface area contributed by atoms with Crippen molar-refractivity contribution in [3.05, 3.63) is 46.0 Å². The van der Waals surface area contributed by atoms with E-state index in [1.165, 1.54) is 30.5 Å². The zero-order valence-electron chi connectivity index (χ0n) is 17.3. The number of carbonyl (C=O) groups is 3. The molecular weight excluding hydrogens is 411 g/mol. The van der Waals surface area contributed by atoms with Crippen LogP contribution in [0.25, 0.3) is 0 Å². The molecule has 162 valence electrons. The van der Waals surface area contributed by atoms with Gasteiger partial charge in [0.15, 0.2) is 11.5 Å². The fraction of sp³-hybridized carbons (Fsp3) is 0.400. The Kier molecular flexibility index (Phi) is 7.63. The maximum Gasteiger partial charge on any atom is 0.327 e. The third-order valence-electron chi connectivity index (χ3n) is 3.80. The lowest BCUT2D eigenvalue weighted by Crippen LogP contribution is -2.43. The second kappa shape index (κ2) is 9.77. The average Bonchev–Trinajstić information content (AvgIpc) is 3.06. The van der Waals surface area contributed by atoms with Crippen molar-refractivity contribution in [2.75, 3.05) is 5.32 Å². The summed E-state index contributed by atoms with van der Waals surface area (Å²) in [5, 5.41) is 4.15. The van der Waals surface area contributed by atoms with Crippen LogP contribution in [-0.4, -0.2) is 27.9 Å². The number of aromatic nitrogens is 1. The molecular formula is C20H25FN4O4S. The highest BCUT2D eigenvalue weighted by Crippen LogP contribution is 2.17. The summed E-state index contributed by atoms with van der Waals surface area (Å²) in [7, 11) is 0. The van der Waals surface area contributed by atoms with Crippen molar-refractivity contribution in [2.24, 2.45) is 16.6 Å². The standard InChI is InChI=1S/C20H25FN4O4S/c1-12(2)9-16(26)23-15-6-5-13(10-14(15)21)17(27)24-19-25(7-8-30-19)11-29-18(28)20(3,4)22/h5-8,10,12H,9,11,22H2,1-4H3,(H,23,26)/b24-19-. The Morgan fingerprint density at radius 3 is 2.63 bits per heavy atom. The number of amides is 2. The lowest BCUT2D eigenvalue weighted by atomic mass is 10.1. The van der Waals surface area contributed by atoms with E-state index in [1.54, 1.807) is 11.6 Å². The zero-order valence-corrected chi connectivity index (χ0v) is 18.1. The Morgan fingerprint density at radius 1 is 1.33 bits per heavy atom. The van der Waals surface area contributed by atoms with Crippen LogP contribution < -0.4 is 15.9 Å². The van der Waals surface area contributed by atoms with Gasteiger partial charge in [-0.15, -0.1) is 11.3 Å². The number of nitrogens with one attached hydrogen (secondary N) is 1. The van der Waals surface area contributed by atoms with Gasteiger partial charge < -0.3 is 15.8 Å². The van der Waals surface area contributed by atoms with E-state index < -0.39 is 23.2 Å². The van der Waals surface area contributed by atoms with Crippen molar-refractivity contribution in [3.63, 3.8) is 0 Å². The van der Waals surface area contributed by atoms with Gasteiger partial charge in [-0.25, -0.2) is 4.39 Å². The van der Waals surface area contributed by atoms with Crippen LogP contribution in [-0.2, 0) is 21.1 Å². The van der Waals surface area contributed by atoms with Crippen molar-refractivity contribution in [1.82, 2.24) is 4.57 Å². The molecule has 2 aromatic rings. The third kappa shape index (κ3) is 6.60. The highest BCUT2D eigenvalue weighted by Gasteiger charge is 2.23. The molecule has 3 N–H and O–H groups in total. The number of hydrogen-bond donors (Lipinski definition) is 2. The minimum atomic E-state index is -1.15. The van der Waals surface area contributed by atoms with Gasteiger partial charge in [0, 0.05) is 23.6 Å². The number of ether oxygens (including phenoxy) is 1. The first kappa shape index (κ1) is 23.4. The Morgan fingerprint density at radius 2 is 2.03 bits per heavy atom. The fourth-order valence-corrected chi connectivity index (χ4v) is 2.99. The first-order valence-electron chi connectivity index (χ1n) is 9.26. The molecule has 0 atom stereocenters. The number of hydrogen-bond acceptors (Lipinski definition) is 6. The number of esters is 1. The summed E-state index contributed by atoms with van der Waals surface area (Å²) in [5.41, 5.74) is 4.55. The number of nitrogens with two attached hydrogens (primary N) is 1. The molecule has 0 unspecified atom stereocenters. The van der Waals surface area contributed by atoms with E-state index in [9.17, 15) is 18.8 Å². The van der Waals surface area contributed by atoms with E-state index in [2.05, 4.69) is 10.3 Å². The lowest BCUT2D eigenvalue weighted by Gasteiger charge is -2.16. The molecule has 0 aliphatic carbocycles. The number of thiazole rings is 1. The normalized spacial score (nSPS) is 12.2. The van der Waals surface area contributed by atoms with Crippen molar-refractivity contribution in [2.45, 2.75) is 46.4 Å². The number of anilines is 1. The first-order valence-corrected chi connectivity index (χ1v) is 10.1. The van der Waals surface area contributed by atoms with Crippen LogP contribution in [0.1, 0.15) is 44.5 Å². The van der Waals surface area contributed by atoms with Crippen LogP contribution in [0.4, 0.5) is 10.1 Å². The second-order valence-electron chi connectivity index (χ2n) is 7.70. The van der Waals surface area contributed by atoms with Gasteiger partial charge in [0.2, 0.25) is 5.91 Å². The summed E-state index contributed by atoms with van der Waals surface area (Å²) >= 11 is 1.16. The smallest absolute Gasteiger partial charge is 0.327 e. The Hall–Kier alpha value is -2.85. The van der Waals surface area contributed by atoms with Gasteiger partial charge in [-0.2, -0.15) is 4.99 Å². The molecule has 1 aromatic heterocycles. The largest absolute Gasteiger partial charge is 0.442 e. The Labute approximate surface area is 177 Å². The maximum atomic E-state index is 14.3. The zero-order chi connectivity index (χ0) is 22.5. The molecule has 0 aliphatic heterocycles. The third-order valence-corrected chi connectivity index (χ3v) is 4.60. The Bertz CT molecular complexity index is 1000. The van der Waals surface area contributed by atoms with Gasteiger partial charge in [0.05, 0.1) is 5.69 Å². The van der Waals surface area contributed by atoms with Gasteiger partial charge in [-0.05, 0) is 38.0 Å². The summed E-state index contributed by atoms with van der Waals surface area (Å²) in [6.45, 7) is 6.64. The number of benzene rings is 1. The van der Waals surface area contributed by atoms with E-state index >= 15 is 0 Å².